The van der Waals surface area contributed by atoms with Gasteiger partial charge in [0, 0.05) is 21.5 Å². The predicted molar refractivity (Wildman–Crippen MR) is 101 cm³/mol. The van der Waals surface area contributed by atoms with Crippen molar-refractivity contribution in [2.75, 3.05) is 7.11 Å². The number of carbonyl (C=O) groups excluding carboxylic acids is 1. The largest absolute Gasteiger partial charge is 0.504 e. The highest BCUT2D eigenvalue weighted by Gasteiger charge is 2.08. The lowest BCUT2D eigenvalue weighted by molar-refractivity contribution is 0.104. The monoisotopic (exact) mass is 371 g/mol. The zero-order chi connectivity index (χ0) is 17.8. The van der Waals surface area contributed by atoms with E-state index in [0.717, 1.165) is 10.6 Å². The van der Waals surface area contributed by atoms with Gasteiger partial charge >= 0.3 is 0 Å². The Morgan fingerprint density at radius 3 is 2.72 bits per heavy atom. The number of aromatic hydroxyl groups is 1. The van der Waals surface area contributed by atoms with Crippen LogP contribution in [0.1, 0.15) is 16.1 Å². The van der Waals surface area contributed by atoms with Crippen LogP contribution in [0.25, 0.3) is 16.6 Å². The highest BCUT2D eigenvalue weighted by molar-refractivity contribution is 7.13. The molecule has 0 unspecified atom stereocenters. The molecule has 2 aromatic carbocycles. The summed E-state index contributed by atoms with van der Waals surface area (Å²) >= 11 is 7.38. The molecule has 25 heavy (non-hydrogen) atoms. The van der Waals surface area contributed by atoms with E-state index >= 15 is 0 Å². The SMILES string of the molecule is COc1cc(C(=O)/C=C/c2csc(-c3ccc(Cl)cc3)n2)ccc1O. The van der Waals surface area contributed by atoms with Gasteiger partial charge in [-0.2, -0.15) is 0 Å². The number of allylic oxidation sites excluding steroid dienone is 1. The number of aromatic nitrogens is 1. The molecular weight excluding hydrogens is 358 g/mol. The minimum absolute atomic E-state index is 0.00450. The van der Waals surface area contributed by atoms with Crippen molar-refractivity contribution in [1.82, 2.24) is 4.98 Å². The highest BCUT2D eigenvalue weighted by Crippen LogP contribution is 2.27. The average Bonchev–Trinajstić information content (AvgIpc) is 3.09. The number of halogens is 1. The number of thiazole rings is 1. The fourth-order valence-electron chi connectivity index (χ4n) is 2.18. The van der Waals surface area contributed by atoms with Crippen molar-refractivity contribution in [1.29, 1.82) is 0 Å². The first-order chi connectivity index (χ1) is 12.1. The van der Waals surface area contributed by atoms with Crippen molar-refractivity contribution in [3.05, 3.63) is 70.2 Å². The number of hydrogen-bond acceptors (Lipinski definition) is 5. The first-order valence-corrected chi connectivity index (χ1v) is 8.63. The van der Waals surface area contributed by atoms with Crippen LogP contribution in [0, 0.1) is 0 Å². The molecule has 0 radical (unpaired) electrons. The number of nitrogens with zero attached hydrogens (tertiary/aromatic N) is 1. The molecule has 0 aliphatic carbocycles. The van der Waals surface area contributed by atoms with Gasteiger partial charge in [0.15, 0.2) is 17.3 Å². The van der Waals surface area contributed by atoms with Gasteiger partial charge in [-0.05, 0) is 42.5 Å². The Kier molecular flexibility index (Phi) is 5.16. The van der Waals surface area contributed by atoms with E-state index < -0.39 is 0 Å². The van der Waals surface area contributed by atoms with Crippen molar-refractivity contribution < 1.29 is 14.6 Å². The Balaban J connectivity index is 1.76. The van der Waals surface area contributed by atoms with Gasteiger partial charge in [0.2, 0.25) is 0 Å². The number of rotatable bonds is 5. The van der Waals surface area contributed by atoms with E-state index in [2.05, 4.69) is 4.98 Å². The summed E-state index contributed by atoms with van der Waals surface area (Å²) < 4.78 is 5.01. The molecule has 1 aromatic heterocycles. The summed E-state index contributed by atoms with van der Waals surface area (Å²) in [5.74, 6) is 0.0624. The Bertz CT molecular complexity index is 932. The zero-order valence-electron chi connectivity index (χ0n) is 13.3. The Morgan fingerprint density at radius 2 is 2.00 bits per heavy atom. The summed E-state index contributed by atoms with van der Waals surface area (Å²) in [4.78, 5) is 16.7. The van der Waals surface area contributed by atoms with Crippen molar-refractivity contribution in [2.45, 2.75) is 0 Å². The molecule has 0 saturated carbocycles. The van der Waals surface area contributed by atoms with E-state index in [1.54, 1.807) is 12.1 Å². The van der Waals surface area contributed by atoms with Crippen molar-refractivity contribution >= 4 is 34.8 Å². The van der Waals surface area contributed by atoms with E-state index in [4.69, 9.17) is 16.3 Å². The number of hydrogen-bond donors (Lipinski definition) is 1. The molecule has 0 saturated heterocycles. The molecular formula is C19H14ClNO3S. The van der Waals surface area contributed by atoms with Gasteiger partial charge in [-0.25, -0.2) is 4.98 Å². The van der Waals surface area contributed by atoms with Crippen LogP contribution in [-0.2, 0) is 0 Å². The van der Waals surface area contributed by atoms with Gasteiger partial charge in [0.05, 0.1) is 12.8 Å². The Labute approximate surface area is 154 Å². The quantitative estimate of drug-likeness (QED) is 0.502. The Morgan fingerprint density at radius 1 is 1.24 bits per heavy atom. The van der Waals surface area contributed by atoms with Gasteiger partial charge < -0.3 is 9.84 Å². The maximum atomic E-state index is 12.2. The normalized spacial score (nSPS) is 11.0. The molecule has 4 nitrogen and oxygen atoms in total. The molecule has 0 spiro atoms. The number of ether oxygens (including phenoxy) is 1. The molecule has 126 valence electrons. The van der Waals surface area contributed by atoms with Crippen LogP contribution in [0.2, 0.25) is 5.02 Å². The number of phenolic OH excluding ortho intramolecular Hbond substituents is 1. The minimum Gasteiger partial charge on any atom is -0.504 e. The fourth-order valence-corrected chi connectivity index (χ4v) is 3.10. The molecule has 1 heterocycles. The number of ketones is 1. The summed E-state index contributed by atoms with van der Waals surface area (Å²) in [6.07, 6.45) is 3.12. The third kappa shape index (κ3) is 4.07. The predicted octanol–water partition coefficient (Wildman–Crippen LogP) is 5.07. The topological polar surface area (TPSA) is 59.4 Å². The zero-order valence-corrected chi connectivity index (χ0v) is 14.8. The van der Waals surface area contributed by atoms with E-state index in [0.29, 0.717) is 16.3 Å². The lowest BCUT2D eigenvalue weighted by Gasteiger charge is -2.04. The second-order valence-electron chi connectivity index (χ2n) is 5.17. The van der Waals surface area contributed by atoms with Gasteiger partial charge in [0.1, 0.15) is 5.01 Å². The molecule has 0 amide bonds. The number of methoxy groups -OCH3 is 1. The van der Waals surface area contributed by atoms with E-state index in [-0.39, 0.29) is 17.3 Å². The molecule has 0 bridgehead atoms. The highest BCUT2D eigenvalue weighted by atomic mass is 35.5. The molecule has 0 aliphatic heterocycles. The van der Waals surface area contributed by atoms with Crippen molar-refractivity contribution in [3.8, 4) is 22.1 Å². The molecule has 3 aromatic rings. The first-order valence-electron chi connectivity index (χ1n) is 7.37. The average molecular weight is 372 g/mol. The van der Waals surface area contributed by atoms with Crippen LogP contribution >= 0.6 is 22.9 Å². The van der Waals surface area contributed by atoms with Crippen LogP contribution < -0.4 is 4.74 Å². The van der Waals surface area contributed by atoms with E-state index in [9.17, 15) is 9.90 Å². The van der Waals surface area contributed by atoms with Crippen LogP contribution in [0.5, 0.6) is 11.5 Å². The molecule has 0 atom stereocenters. The maximum Gasteiger partial charge on any atom is 0.186 e. The van der Waals surface area contributed by atoms with Crippen LogP contribution in [0.4, 0.5) is 0 Å². The first kappa shape index (κ1) is 17.2. The van der Waals surface area contributed by atoms with E-state index in [1.165, 1.54) is 36.7 Å². The van der Waals surface area contributed by atoms with Crippen LogP contribution in [-0.4, -0.2) is 23.0 Å². The van der Waals surface area contributed by atoms with Gasteiger partial charge in [0.25, 0.3) is 0 Å². The van der Waals surface area contributed by atoms with Gasteiger partial charge in [-0.3, -0.25) is 4.79 Å². The fraction of sp³-hybridized carbons (Fsp3) is 0.0526. The molecule has 3 rings (SSSR count). The maximum absolute atomic E-state index is 12.2. The second kappa shape index (κ2) is 7.51. The molecule has 1 N–H and O–H groups in total. The Hall–Kier alpha value is -2.63. The van der Waals surface area contributed by atoms with Gasteiger partial charge in [-0.1, -0.05) is 23.7 Å². The summed E-state index contributed by atoms with van der Waals surface area (Å²) in [5.41, 5.74) is 2.11. The number of phenols is 1. The summed E-state index contributed by atoms with van der Waals surface area (Å²) in [5, 5.41) is 13.0. The molecule has 6 heteroatoms. The standard InChI is InChI=1S/C19H14ClNO3S/c1-24-18-10-13(4-8-17(18)23)16(22)9-7-15-11-25-19(21-15)12-2-5-14(20)6-3-12/h2-11,23H,1H3/b9-7+. The van der Waals surface area contributed by atoms with E-state index in [1.807, 2.05) is 29.6 Å². The minimum atomic E-state index is -0.195. The smallest absolute Gasteiger partial charge is 0.186 e. The van der Waals surface area contributed by atoms with Crippen molar-refractivity contribution in [3.63, 3.8) is 0 Å². The number of carbonyl (C=O) groups is 1. The molecule has 0 fully saturated rings. The second-order valence-corrected chi connectivity index (χ2v) is 6.46. The third-order valence-corrected chi connectivity index (χ3v) is 4.64. The molecule has 0 aliphatic rings. The summed E-state index contributed by atoms with van der Waals surface area (Å²) in [7, 11) is 1.44. The lowest BCUT2D eigenvalue weighted by Crippen LogP contribution is -1.95. The van der Waals surface area contributed by atoms with Crippen LogP contribution in [0.15, 0.2) is 53.9 Å². The van der Waals surface area contributed by atoms with Crippen molar-refractivity contribution in [2.24, 2.45) is 0 Å². The lowest BCUT2D eigenvalue weighted by atomic mass is 10.1. The van der Waals surface area contributed by atoms with Gasteiger partial charge in [-0.15, -0.1) is 11.3 Å². The third-order valence-electron chi connectivity index (χ3n) is 3.48. The van der Waals surface area contributed by atoms with Crippen LogP contribution in [0.3, 0.4) is 0 Å². The number of benzene rings is 2. The summed E-state index contributed by atoms with van der Waals surface area (Å²) in [6.45, 7) is 0. The summed E-state index contributed by atoms with van der Waals surface area (Å²) in [6, 6.07) is 11.9.